The van der Waals surface area contributed by atoms with Crippen molar-refractivity contribution >= 4 is 11.6 Å². The van der Waals surface area contributed by atoms with E-state index in [4.69, 9.17) is 14.8 Å². The summed E-state index contributed by atoms with van der Waals surface area (Å²) < 4.78 is 10.6. The molecule has 4 aromatic carbocycles. The molecule has 5 heteroatoms. The predicted octanol–water partition coefficient (Wildman–Crippen LogP) is 7.65. The van der Waals surface area contributed by atoms with E-state index in [0.717, 1.165) is 11.1 Å². The van der Waals surface area contributed by atoms with Crippen LogP contribution in [0.3, 0.4) is 0 Å². The molecule has 0 bridgehead atoms. The first kappa shape index (κ1) is 31.7. The van der Waals surface area contributed by atoms with E-state index >= 15 is 0 Å². The van der Waals surface area contributed by atoms with Crippen LogP contribution in [0.15, 0.2) is 109 Å². The normalized spacial score (nSPS) is 13.9. The van der Waals surface area contributed by atoms with Gasteiger partial charge in [0.1, 0.15) is 11.5 Å². The van der Waals surface area contributed by atoms with E-state index in [1.54, 1.807) is 14.2 Å². The lowest BCUT2D eigenvalue weighted by atomic mass is 9.71. The lowest BCUT2D eigenvalue weighted by Gasteiger charge is -2.35. The maximum atomic E-state index is 14.3. The molecule has 0 saturated carbocycles. The summed E-state index contributed by atoms with van der Waals surface area (Å²) in [6, 6.07) is 34.8. The predicted molar refractivity (Wildman–Crippen MR) is 172 cm³/mol. The number of hydrogen-bond acceptors (Lipinski definition) is 4. The number of methoxy groups -OCH3 is 2. The summed E-state index contributed by atoms with van der Waals surface area (Å²) in [5.41, 5.74) is 1.92. The molecular weight excluding hydrogens is 534 g/mol. The van der Waals surface area contributed by atoms with E-state index in [0.29, 0.717) is 61.4 Å². The molecule has 0 aliphatic heterocycles. The van der Waals surface area contributed by atoms with Gasteiger partial charge < -0.3 is 9.47 Å². The van der Waals surface area contributed by atoms with E-state index in [1.165, 1.54) is 0 Å². The molecule has 5 nitrogen and oxygen atoms in total. The number of benzene rings is 4. The van der Waals surface area contributed by atoms with Crippen LogP contribution in [-0.2, 0) is 12.8 Å². The molecular formula is C38H42NO4. The average molecular weight is 577 g/mol. The monoisotopic (exact) mass is 576 g/mol. The van der Waals surface area contributed by atoms with Crippen LogP contribution in [0.2, 0.25) is 0 Å². The van der Waals surface area contributed by atoms with Crippen LogP contribution in [0.1, 0.15) is 58.5 Å². The van der Waals surface area contributed by atoms with Crippen molar-refractivity contribution < 1.29 is 19.1 Å². The van der Waals surface area contributed by atoms with Crippen molar-refractivity contribution in [2.24, 2.45) is 10.8 Å². The Labute approximate surface area is 256 Å². The van der Waals surface area contributed by atoms with Crippen molar-refractivity contribution in [2.45, 2.75) is 39.5 Å². The third-order valence-electron chi connectivity index (χ3n) is 8.62. The zero-order valence-electron chi connectivity index (χ0n) is 25.7. The van der Waals surface area contributed by atoms with E-state index in [9.17, 15) is 9.59 Å². The maximum Gasteiger partial charge on any atom is 0.170 e. The highest BCUT2D eigenvalue weighted by Crippen LogP contribution is 2.35. The Balaban J connectivity index is 1.66. The van der Waals surface area contributed by atoms with Gasteiger partial charge in [0.25, 0.3) is 0 Å². The lowest BCUT2D eigenvalue weighted by Crippen LogP contribution is -2.45. The molecule has 0 aliphatic rings. The second-order valence-electron chi connectivity index (χ2n) is 11.2. The smallest absolute Gasteiger partial charge is 0.170 e. The van der Waals surface area contributed by atoms with Crippen LogP contribution in [0.4, 0.5) is 0 Å². The van der Waals surface area contributed by atoms with Gasteiger partial charge in [-0.05, 0) is 85.3 Å². The van der Waals surface area contributed by atoms with Crippen LogP contribution >= 0.6 is 0 Å². The van der Waals surface area contributed by atoms with Crippen molar-refractivity contribution in [3.63, 3.8) is 0 Å². The third-order valence-corrected chi connectivity index (χ3v) is 8.62. The molecule has 4 rings (SSSR count). The lowest BCUT2D eigenvalue weighted by molar-refractivity contribution is 0.0732. The maximum absolute atomic E-state index is 14.3. The largest absolute Gasteiger partial charge is 0.497 e. The van der Waals surface area contributed by atoms with Crippen LogP contribution in [0.25, 0.3) is 0 Å². The zero-order chi connectivity index (χ0) is 30.7. The highest BCUT2D eigenvalue weighted by Gasteiger charge is 2.41. The molecule has 0 fully saturated rings. The first-order chi connectivity index (χ1) is 20.9. The van der Waals surface area contributed by atoms with Gasteiger partial charge >= 0.3 is 0 Å². The Bertz CT molecular complexity index is 1340. The Morgan fingerprint density at radius 1 is 0.558 bits per heavy atom. The fourth-order valence-corrected chi connectivity index (χ4v) is 5.76. The van der Waals surface area contributed by atoms with Crippen LogP contribution in [-0.4, -0.2) is 38.9 Å². The van der Waals surface area contributed by atoms with Crippen molar-refractivity contribution in [2.75, 3.05) is 27.3 Å². The number of nitrogens with zero attached hydrogens (tertiary/aromatic N) is 1. The second kappa shape index (κ2) is 14.8. The molecule has 43 heavy (non-hydrogen) atoms. The zero-order valence-corrected chi connectivity index (χ0v) is 25.7. The van der Waals surface area contributed by atoms with Gasteiger partial charge in [-0.3, -0.25) is 9.59 Å². The van der Waals surface area contributed by atoms with E-state index in [1.807, 2.05) is 84.9 Å². The van der Waals surface area contributed by atoms with Crippen LogP contribution in [0.5, 0.6) is 11.5 Å². The van der Waals surface area contributed by atoms with Gasteiger partial charge in [-0.25, -0.2) is 5.32 Å². The molecule has 0 saturated heterocycles. The summed E-state index contributed by atoms with van der Waals surface area (Å²) in [6.45, 7) is 4.74. The highest BCUT2D eigenvalue weighted by atomic mass is 16.5. The minimum absolute atomic E-state index is 0.0527. The van der Waals surface area contributed by atoms with Gasteiger partial charge in [0, 0.05) is 24.2 Å². The Morgan fingerprint density at radius 3 is 1.21 bits per heavy atom. The summed E-state index contributed by atoms with van der Waals surface area (Å²) >= 11 is 0. The van der Waals surface area contributed by atoms with Crippen molar-refractivity contribution in [1.29, 1.82) is 0 Å². The molecule has 0 aromatic heterocycles. The quantitative estimate of drug-likeness (QED) is 0.129. The van der Waals surface area contributed by atoms with Gasteiger partial charge in [0.2, 0.25) is 0 Å². The Morgan fingerprint density at radius 2 is 0.907 bits per heavy atom. The van der Waals surface area contributed by atoms with E-state index in [-0.39, 0.29) is 11.6 Å². The van der Waals surface area contributed by atoms with Crippen LogP contribution < -0.4 is 14.8 Å². The fourth-order valence-electron chi connectivity index (χ4n) is 5.76. The third kappa shape index (κ3) is 7.60. The SMILES string of the molecule is CCC(C[N]CC(CC)(Cc1ccccc1)C(=O)c1ccc(OC)cc1)(Cc1ccccc1)C(=O)c1ccc(OC)cc1. The first-order valence-corrected chi connectivity index (χ1v) is 15.0. The number of carbonyl (C=O) groups is 2. The van der Waals surface area contributed by atoms with Crippen molar-refractivity contribution in [1.82, 2.24) is 5.32 Å². The van der Waals surface area contributed by atoms with Crippen LogP contribution in [0, 0.1) is 10.8 Å². The second-order valence-corrected chi connectivity index (χ2v) is 11.2. The fraction of sp³-hybridized carbons (Fsp3) is 0.316. The average Bonchev–Trinajstić information content (AvgIpc) is 3.07. The number of ether oxygens (including phenoxy) is 2. The molecule has 0 N–H and O–H groups in total. The summed E-state index contributed by atoms with van der Waals surface area (Å²) in [7, 11) is 3.23. The standard InChI is InChI=1S/C38H42NO4/c1-5-37(25-29-13-9-7-10-14-29,35(40)31-17-21-33(42-3)22-18-31)27-39-28-38(6-2,26-30-15-11-8-12-16-30)36(41)32-19-23-34(43-4)24-20-32/h7-24H,5-6,25-28H2,1-4H3. The number of ketones is 2. The van der Waals surface area contributed by atoms with E-state index in [2.05, 4.69) is 38.1 Å². The molecule has 0 amide bonds. The molecule has 2 atom stereocenters. The Hall–Kier alpha value is -4.22. The van der Waals surface area contributed by atoms with Gasteiger partial charge in [-0.15, -0.1) is 0 Å². The topological polar surface area (TPSA) is 66.7 Å². The minimum atomic E-state index is -0.759. The summed E-state index contributed by atoms with van der Waals surface area (Å²) in [6.07, 6.45) is 2.34. The van der Waals surface area contributed by atoms with Gasteiger partial charge in [0.15, 0.2) is 11.6 Å². The van der Waals surface area contributed by atoms with Gasteiger partial charge in [0.05, 0.1) is 25.0 Å². The summed E-state index contributed by atoms with van der Waals surface area (Å²) in [4.78, 5) is 28.5. The molecule has 4 aromatic rings. The molecule has 1 radical (unpaired) electrons. The van der Waals surface area contributed by atoms with Crippen molar-refractivity contribution in [3.05, 3.63) is 131 Å². The number of rotatable bonds is 16. The van der Waals surface area contributed by atoms with Crippen molar-refractivity contribution in [3.8, 4) is 11.5 Å². The minimum Gasteiger partial charge on any atom is -0.497 e. The van der Waals surface area contributed by atoms with E-state index < -0.39 is 10.8 Å². The molecule has 0 aliphatic carbocycles. The van der Waals surface area contributed by atoms with Gasteiger partial charge in [-0.2, -0.15) is 0 Å². The van der Waals surface area contributed by atoms with Gasteiger partial charge in [-0.1, -0.05) is 74.5 Å². The number of Topliss-reactive ketones (excluding diaryl/α,β-unsaturated/α-hetero) is 2. The number of hydrogen-bond donors (Lipinski definition) is 0. The number of carbonyl (C=O) groups excluding carboxylic acids is 2. The summed E-state index contributed by atoms with van der Waals surface area (Å²) in [5.74, 6) is 1.52. The molecule has 223 valence electrons. The molecule has 2 unspecified atom stereocenters. The molecule has 0 spiro atoms. The summed E-state index contributed by atoms with van der Waals surface area (Å²) in [5, 5.41) is 5.12. The highest BCUT2D eigenvalue weighted by molar-refractivity contribution is 6.02. The Kier molecular flexibility index (Phi) is 10.9. The first-order valence-electron chi connectivity index (χ1n) is 15.0. The molecule has 0 heterocycles.